The molecule has 1 aliphatic carbocycles. The molecule has 1 atom stereocenters. The standard InChI is InChI=1S/C15H15NO4/c17-14(18)8-16-12-4-2-1-3-10(12)11-7-9(15(19)20)5-6-13(11)16/h1-4,9H,5-8H2,(H,17,18)(H,19,20). The summed E-state index contributed by atoms with van der Waals surface area (Å²) in [6, 6.07) is 7.61. The molecule has 0 radical (unpaired) electrons. The molecule has 1 unspecified atom stereocenters. The van der Waals surface area contributed by atoms with E-state index in [0.29, 0.717) is 19.3 Å². The van der Waals surface area contributed by atoms with Gasteiger partial charge in [-0.25, -0.2) is 0 Å². The van der Waals surface area contributed by atoms with Crippen LogP contribution in [0.3, 0.4) is 0 Å². The van der Waals surface area contributed by atoms with Crippen LogP contribution in [-0.4, -0.2) is 26.7 Å². The molecular weight excluding hydrogens is 258 g/mol. The fourth-order valence-corrected chi connectivity index (χ4v) is 3.13. The lowest BCUT2D eigenvalue weighted by Gasteiger charge is -2.20. The molecule has 0 bridgehead atoms. The van der Waals surface area contributed by atoms with Gasteiger partial charge in [-0.05, 0) is 30.9 Å². The molecule has 3 rings (SSSR count). The zero-order chi connectivity index (χ0) is 14.3. The van der Waals surface area contributed by atoms with E-state index < -0.39 is 11.9 Å². The Hall–Kier alpha value is -2.30. The Bertz CT molecular complexity index is 701. The molecule has 104 valence electrons. The second-order valence-electron chi connectivity index (χ2n) is 5.20. The number of aliphatic carboxylic acids is 2. The Morgan fingerprint density at radius 1 is 1.25 bits per heavy atom. The molecule has 1 heterocycles. The van der Waals surface area contributed by atoms with Gasteiger partial charge in [0.2, 0.25) is 0 Å². The van der Waals surface area contributed by atoms with Gasteiger partial charge in [-0.1, -0.05) is 18.2 Å². The van der Waals surface area contributed by atoms with Crippen LogP contribution < -0.4 is 0 Å². The van der Waals surface area contributed by atoms with Crippen molar-refractivity contribution < 1.29 is 19.8 Å². The number of fused-ring (bicyclic) bond motifs is 3. The number of nitrogens with zero attached hydrogens (tertiary/aromatic N) is 1. The van der Waals surface area contributed by atoms with Crippen LogP contribution in [0.2, 0.25) is 0 Å². The number of carboxylic acid groups (broad SMARTS) is 2. The van der Waals surface area contributed by atoms with Gasteiger partial charge in [0.15, 0.2) is 0 Å². The van der Waals surface area contributed by atoms with E-state index in [-0.39, 0.29) is 12.5 Å². The van der Waals surface area contributed by atoms with Crippen molar-refractivity contribution >= 4 is 22.8 Å². The van der Waals surface area contributed by atoms with Gasteiger partial charge in [0.1, 0.15) is 6.54 Å². The molecule has 0 aliphatic heterocycles. The molecule has 0 saturated heterocycles. The average molecular weight is 273 g/mol. The van der Waals surface area contributed by atoms with E-state index >= 15 is 0 Å². The minimum atomic E-state index is -0.881. The van der Waals surface area contributed by atoms with Gasteiger partial charge in [0, 0.05) is 16.6 Å². The fraction of sp³-hybridized carbons (Fsp3) is 0.333. The highest BCUT2D eigenvalue weighted by molar-refractivity contribution is 5.88. The van der Waals surface area contributed by atoms with E-state index in [2.05, 4.69) is 0 Å². The van der Waals surface area contributed by atoms with Crippen LogP contribution in [0.5, 0.6) is 0 Å². The highest BCUT2D eigenvalue weighted by Gasteiger charge is 2.29. The monoisotopic (exact) mass is 273 g/mol. The Labute approximate surface area is 115 Å². The number of rotatable bonds is 3. The predicted molar refractivity (Wildman–Crippen MR) is 72.7 cm³/mol. The van der Waals surface area contributed by atoms with Gasteiger partial charge in [-0.15, -0.1) is 0 Å². The van der Waals surface area contributed by atoms with Crippen molar-refractivity contribution in [3.8, 4) is 0 Å². The van der Waals surface area contributed by atoms with Crippen LogP contribution in [0.25, 0.3) is 10.9 Å². The topological polar surface area (TPSA) is 79.5 Å². The second-order valence-corrected chi connectivity index (χ2v) is 5.20. The first kappa shape index (κ1) is 12.7. The number of carboxylic acids is 2. The number of carbonyl (C=O) groups is 2. The zero-order valence-corrected chi connectivity index (χ0v) is 10.9. The first-order chi connectivity index (χ1) is 9.58. The van der Waals surface area contributed by atoms with Gasteiger partial charge < -0.3 is 14.8 Å². The van der Waals surface area contributed by atoms with E-state index in [1.165, 1.54) is 0 Å². The lowest BCUT2D eigenvalue weighted by atomic mass is 9.86. The Morgan fingerprint density at radius 2 is 2.00 bits per heavy atom. The number of hydrogen-bond donors (Lipinski definition) is 2. The van der Waals surface area contributed by atoms with Crippen molar-refractivity contribution in [2.45, 2.75) is 25.8 Å². The summed E-state index contributed by atoms with van der Waals surface area (Å²) in [4.78, 5) is 22.2. The third-order valence-corrected chi connectivity index (χ3v) is 4.02. The molecule has 1 aliphatic rings. The minimum Gasteiger partial charge on any atom is -0.481 e. The van der Waals surface area contributed by atoms with Crippen LogP contribution >= 0.6 is 0 Å². The normalized spacial score (nSPS) is 17.9. The summed E-state index contributed by atoms with van der Waals surface area (Å²) in [5, 5.41) is 19.2. The highest BCUT2D eigenvalue weighted by atomic mass is 16.4. The van der Waals surface area contributed by atoms with Crippen molar-refractivity contribution in [3.05, 3.63) is 35.5 Å². The third-order valence-electron chi connectivity index (χ3n) is 4.02. The molecule has 20 heavy (non-hydrogen) atoms. The van der Waals surface area contributed by atoms with E-state index in [9.17, 15) is 14.7 Å². The van der Waals surface area contributed by atoms with E-state index in [1.807, 2.05) is 28.8 Å². The molecule has 0 saturated carbocycles. The molecule has 2 aromatic rings. The smallest absolute Gasteiger partial charge is 0.323 e. The Morgan fingerprint density at radius 3 is 2.70 bits per heavy atom. The predicted octanol–water partition coefficient (Wildman–Crippen LogP) is 1.92. The van der Waals surface area contributed by atoms with E-state index in [4.69, 9.17) is 5.11 Å². The minimum absolute atomic E-state index is 0.0758. The fourth-order valence-electron chi connectivity index (χ4n) is 3.13. The summed E-state index contributed by atoms with van der Waals surface area (Å²) >= 11 is 0. The van der Waals surface area contributed by atoms with Crippen LogP contribution in [0, 0.1) is 5.92 Å². The quantitative estimate of drug-likeness (QED) is 0.895. The summed E-state index contributed by atoms with van der Waals surface area (Å²) in [6.07, 6.45) is 1.67. The molecule has 2 N–H and O–H groups in total. The van der Waals surface area contributed by atoms with Crippen molar-refractivity contribution in [2.75, 3.05) is 0 Å². The van der Waals surface area contributed by atoms with Crippen LogP contribution in [0.4, 0.5) is 0 Å². The molecule has 0 fully saturated rings. The molecular formula is C15H15NO4. The molecule has 1 aromatic carbocycles. The van der Waals surface area contributed by atoms with Gasteiger partial charge in [-0.2, -0.15) is 0 Å². The van der Waals surface area contributed by atoms with E-state index in [0.717, 1.165) is 22.2 Å². The van der Waals surface area contributed by atoms with Crippen LogP contribution in [-0.2, 0) is 29.0 Å². The molecule has 1 aromatic heterocycles. The number of para-hydroxylation sites is 1. The van der Waals surface area contributed by atoms with Crippen molar-refractivity contribution in [3.63, 3.8) is 0 Å². The molecule has 0 spiro atoms. The lowest BCUT2D eigenvalue weighted by molar-refractivity contribution is -0.142. The summed E-state index contributed by atoms with van der Waals surface area (Å²) in [6.45, 7) is -0.0758. The largest absolute Gasteiger partial charge is 0.481 e. The SMILES string of the molecule is O=C(O)Cn1c2c(c3ccccc31)CC(C(=O)O)CC2. The van der Waals surface area contributed by atoms with Crippen molar-refractivity contribution in [2.24, 2.45) is 5.92 Å². The van der Waals surface area contributed by atoms with Gasteiger partial charge in [0.05, 0.1) is 5.92 Å². The summed E-state index contributed by atoms with van der Waals surface area (Å²) < 4.78 is 1.81. The summed E-state index contributed by atoms with van der Waals surface area (Å²) in [7, 11) is 0. The maximum absolute atomic E-state index is 11.2. The Balaban J connectivity index is 2.17. The first-order valence-electron chi connectivity index (χ1n) is 6.61. The van der Waals surface area contributed by atoms with Gasteiger partial charge in [-0.3, -0.25) is 9.59 Å². The number of benzene rings is 1. The molecule has 5 heteroatoms. The third kappa shape index (κ3) is 1.95. The van der Waals surface area contributed by atoms with Crippen molar-refractivity contribution in [1.29, 1.82) is 0 Å². The molecule has 5 nitrogen and oxygen atoms in total. The van der Waals surface area contributed by atoms with Crippen molar-refractivity contribution in [1.82, 2.24) is 4.57 Å². The van der Waals surface area contributed by atoms with Crippen LogP contribution in [0.15, 0.2) is 24.3 Å². The second kappa shape index (κ2) is 4.67. The highest BCUT2D eigenvalue weighted by Crippen LogP contribution is 2.34. The van der Waals surface area contributed by atoms with Crippen LogP contribution in [0.1, 0.15) is 17.7 Å². The first-order valence-corrected chi connectivity index (χ1v) is 6.61. The number of hydrogen-bond acceptors (Lipinski definition) is 2. The summed E-state index contributed by atoms with van der Waals surface area (Å²) in [5.41, 5.74) is 2.86. The Kier molecular flexibility index (Phi) is 2.97. The zero-order valence-electron chi connectivity index (χ0n) is 10.9. The molecule has 0 amide bonds. The van der Waals surface area contributed by atoms with Gasteiger partial charge >= 0.3 is 11.9 Å². The average Bonchev–Trinajstić information content (AvgIpc) is 2.73. The van der Waals surface area contributed by atoms with Gasteiger partial charge in [0.25, 0.3) is 0 Å². The lowest BCUT2D eigenvalue weighted by Crippen LogP contribution is -2.23. The number of aromatic nitrogens is 1. The summed E-state index contributed by atoms with van der Waals surface area (Å²) in [5.74, 6) is -2.02. The van der Waals surface area contributed by atoms with E-state index in [1.54, 1.807) is 0 Å². The maximum atomic E-state index is 11.2. The maximum Gasteiger partial charge on any atom is 0.323 e.